The average molecular weight is 291 g/mol. The van der Waals surface area contributed by atoms with Gasteiger partial charge in [0.2, 0.25) is 5.91 Å². The van der Waals surface area contributed by atoms with Gasteiger partial charge >= 0.3 is 0 Å². The van der Waals surface area contributed by atoms with Crippen molar-refractivity contribution in [2.24, 2.45) is 5.92 Å². The van der Waals surface area contributed by atoms with Gasteiger partial charge in [0.1, 0.15) is 0 Å². The summed E-state index contributed by atoms with van der Waals surface area (Å²) >= 11 is 1.70. The minimum atomic E-state index is -0.401. The number of thioether (sulfide) groups is 1. The molecule has 0 aromatic heterocycles. The predicted molar refractivity (Wildman–Crippen MR) is 83.6 cm³/mol. The first-order chi connectivity index (χ1) is 9.60. The van der Waals surface area contributed by atoms with Crippen LogP contribution < -0.4 is 0 Å². The summed E-state index contributed by atoms with van der Waals surface area (Å²) in [6, 6.07) is 8.09. The van der Waals surface area contributed by atoms with Crippen molar-refractivity contribution in [3.8, 4) is 0 Å². The lowest BCUT2D eigenvalue weighted by Gasteiger charge is -2.33. The molecule has 0 aliphatic carbocycles. The van der Waals surface area contributed by atoms with Crippen molar-refractivity contribution in [1.82, 2.24) is 4.90 Å². The molecule has 1 saturated heterocycles. The third kappa shape index (κ3) is 3.87. The lowest BCUT2D eigenvalue weighted by Crippen LogP contribution is -2.45. The maximum absolute atomic E-state index is 12.1. The molecule has 1 N–H and O–H groups in total. The molecular weight excluding hydrogens is 270 g/mol. The molecule has 0 radical (unpaired) electrons. The van der Waals surface area contributed by atoms with Gasteiger partial charge < -0.3 is 10.0 Å². The molecule has 2 unspecified atom stereocenters. The molecule has 1 fully saturated rings. The molecule has 2 atom stereocenters. The maximum atomic E-state index is 12.1. The van der Waals surface area contributed by atoms with Crippen LogP contribution in [0.4, 0.5) is 0 Å². The van der Waals surface area contributed by atoms with Gasteiger partial charge in [0, 0.05) is 24.1 Å². The van der Waals surface area contributed by atoms with Gasteiger partial charge in [-0.25, -0.2) is 0 Å². The minimum Gasteiger partial charge on any atom is -0.391 e. The topological polar surface area (TPSA) is 40.5 Å². The molecule has 108 valence electrons. The Kier molecular flexibility index (Phi) is 5.26. The standard InChI is InChI=1S/C16H21NO2S/c1-12-9-10-17(11-15(12)18)16(19)8-5-13-3-6-14(20-2)7-4-13/h3-8,12,15,18H,9-11H2,1-2H3/b8-5+. The number of amides is 1. The summed E-state index contributed by atoms with van der Waals surface area (Å²) in [4.78, 5) is 15.0. The van der Waals surface area contributed by atoms with Gasteiger partial charge in [-0.1, -0.05) is 19.1 Å². The maximum Gasteiger partial charge on any atom is 0.246 e. The number of piperidine rings is 1. The average Bonchev–Trinajstić information content (AvgIpc) is 2.48. The third-order valence-corrected chi connectivity index (χ3v) is 4.51. The van der Waals surface area contributed by atoms with E-state index in [9.17, 15) is 9.90 Å². The van der Waals surface area contributed by atoms with E-state index < -0.39 is 6.10 Å². The van der Waals surface area contributed by atoms with Gasteiger partial charge in [-0.2, -0.15) is 0 Å². The van der Waals surface area contributed by atoms with Crippen molar-refractivity contribution in [3.05, 3.63) is 35.9 Å². The van der Waals surface area contributed by atoms with E-state index in [1.54, 1.807) is 22.7 Å². The Morgan fingerprint density at radius 2 is 2.10 bits per heavy atom. The molecular formula is C16H21NO2S. The highest BCUT2D eigenvalue weighted by atomic mass is 32.2. The van der Waals surface area contributed by atoms with Crippen LogP contribution in [-0.4, -0.2) is 41.4 Å². The van der Waals surface area contributed by atoms with Crippen LogP contribution in [0.5, 0.6) is 0 Å². The Balaban J connectivity index is 1.94. The van der Waals surface area contributed by atoms with Crippen LogP contribution in [0.3, 0.4) is 0 Å². The van der Waals surface area contributed by atoms with Crippen LogP contribution in [0, 0.1) is 5.92 Å². The molecule has 2 rings (SSSR count). The summed E-state index contributed by atoms with van der Waals surface area (Å²) in [5.74, 6) is 0.256. The summed E-state index contributed by atoms with van der Waals surface area (Å²) in [6.45, 7) is 3.19. The second-order valence-corrected chi connectivity index (χ2v) is 6.10. The fourth-order valence-corrected chi connectivity index (χ4v) is 2.65. The first-order valence-corrected chi connectivity index (χ1v) is 8.11. The smallest absolute Gasteiger partial charge is 0.246 e. The fourth-order valence-electron chi connectivity index (χ4n) is 2.24. The van der Waals surface area contributed by atoms with Gasteiger partial charge in [0.05, 0.1) is 6.10 Å². The van der Waals surface area contributed by atoms with Gasteiger partial charge in [-0.05, 0) is 42.4 Å². The van der Waals surface area contributed by atoms with E-state index in [1.165, 1.54) is 4.90 Å². The number of aliphatic hydroxyl groups excluding tert-OH is 1. The van der Waals surface area contributed by atoms with E-state index >= 15 is 0 Å². The molecule has 1 aliphatic heterocycles. The number of hydrogen-bond acceptors (Lipinski definition) is 3. The molecule has 0 spiro atoms. The van der Waals surface area contributed by atoms with Crippen LogP contribution >= 0.6 is 11.8 Å². The first-order valence-electron chi connectivity index (χ1n) is 6.89. The van der Waals surface area contributed by atoms with Crippen molar-refractivity contribution in [3.63, 3.8) is 0 Å². The van der Waals surface area contributed by atoms with E-state index in [1.807, 2.05) is 43.5 Å². The van der Waals surface area contributed by atoms with Crippen LogP contribution in [0.1, 0.15) is 18.9 Å². The van der Waals surface area contributed by atoms with Crippen LogP contribution in [0.2, 0.25) is 0 Å². The number of rotatable bonds is 3. The number of benzene rings is 1. The molecule has 1 amide bonds. The second kappa shape index (κ2) is 6.95. The lowest BCUT2D eigenvalue weighted by atomic mass is 9.96. The number of carbonyl (C=O) groups is 1. The quantitative estimate of drug-likeness (QED) is 0.687. The summed E-state index contributed by atoms with van der Waals surface area (Å²) in [6.07, 6.45) is 5.93. The van der Waals surface area contributed by atoms with Gasteiger partial charge in [0.25, 0.3) is 0 Å². The predicted octanol–water partition coefficient (Wildman–Crippen LogP) is 2.65. The minimum absolute atomic E-state index is 0.0232. The molecule has 20 heavy (non-hydrogen) atoms. The van der Waals surface area contributed by atoms with Crippen LogP contribution in [0.25, 0.3) is 6.08 Å². The normalized spacial score (nSPS) is 23.2. The Morgan fingerprint density at radius 3 is 2.70 bits per heavy atom. The van der Waals surface area contributed by atoms with Crippen LogP contribution in [0.15, 0.2) is 35.2 Å². The summed E-state index contributed by atoms with van der Waals surface area (Å²) in [5.41, 5.74) is 1.02. The number of hydrogen-bond donors (Lipinski definition) is 1. The van der Waals surface area contributed by atoms with Crippen molar-refractivity contribution < 1.29 is 9.90 Å². The van der Waals surface area contributed by atoms with Crippen molar-refractivity contribution >= 4 is 23.7 Å². The number of carbonyl (C=O) groups excluding carboxylic acids is 1. The molecule has 3 nitrogen and oxygen atoms in total. The SMILES string of the molecule is CSc1ccc(/C=C/C(=O)N2CCC(C)C(O)C2)cc1. The fraction of sp³-hybridized carbons (Fsp3) is 0.438. The molecule has 4 heteroatoms. The van der Waals surface area contributed by atoms with E-state index in [0.29, 0.717) is 6.54 Å². The van der Waals surface area contributed by atoms with Crippen molar-refractivity contribution in [2.45, 2.75) is 24.3 Å². The molecule has 0 bridgehead atoms. The Morgan fingerprint density at radius 1 is 1.40 bits per heavy atom. The number of likely N-dealkylation sites (tertiary alicyclic amines) is 1. The molecule has 1 aromatic rings. The molecule has 0 saturated carbocycles. The van der Waals surface area contributed by atoms with Gasteiger partial charge in [-0.3, -0.25) is 4.79 Å². The van der Waals surface area contributed by atoms with Crippen molar-refractivity contribution in [2.75, 3.05) is 19.3 Å². The summed E-state index contributed by atoms with van der Waals surface area (Å²) in [5, 5.41) is 9.82. The number of nitrogens with zero attached hydrogens (tertiary/aromatic N) is 1. The monoisotopic (exact) mass is 291 g/mol. The highest BCUT2D eigenvalue weighted by molar-refractivity contribution is 7.98. The van der Waals surface area contributed by atoms with E-state index in [4.69, 9.17) is 0 Å². The lowest BCUT2D eigenvalue weighted by molar-refractivity contribution is -0.130. The number of aliphatic hydroxyl groups is 1. The Bertz CT molecular complexity index is 484. The second-order valence-electron chi connectivity index (χ2n) is 5.22. The van der Waals surface area contributed by atoms with Gasteiger partial charge in [0.15, 0.2) is 0 Å². The van der Waals surface area contributed by atoms with E-state index in [2.05, 4.69) is 0 Å². The molecule has 1 heterocycles. The van der Waals surface area contributed by atoms with Gasteiger partial charge in [-0.15, -0.1) is 11.8 Å². The highest BCUT2D eigenvalue weighted by Crippen LogP contribution is 2.18. The summed E-state index contributed by atoms with van der Waals surface area (Å²) in [7, 11) is 0. The number of β-amino-alcohol motifs (C(OH)–C–C–N with tert-alkyl or cyclic N) is 1. The zero-order valence-corrected chi connectivity index (χ0v) is 12.8. The van der Waals surface area contributed by atoms with Crippen molar-refractivity contribution in [1.29, 1.82) is 0 Å². The Labute approximate surface area is 124 Å². The highest BCUT2D eigenvalue weighted by Gasteiger charge is 2.25. The van der Waals surface area contributed by atoms with Crippen LogP contribution in [-0.2, 0) is 4.79 Å². The van der Waals surface area contributed by atoms with E-state index in [-0.39, 0.29) is 11.8 Å². The molecule has 1 aliphatic rings. The zero-order chi connectivity index (χ0) is 14.5. The Hall–Kier alpha value is -1.26. The third-order valence-electron chi connectivity index (χ3n) is 3.76. The molecule has 1 aromatic carbocycles. The summed E-state index contributed by atoms with van der Waals surface area (Å²) < 4.78 is 0. The largest absolute Gasteiger partial charge is 0.391 e. The zero-order valence-electron chi connectivity index (χ0n) is 12.0. The first kappa shape index (κ1) is 15.1. The van der Waals surface area contributed by atoms with E-state index in [0.717, 1.165) is 18.5 Å².